The fourth-order valence-corrected chi connectivity index (χ4v) is 1.87. The summed E-state index contributed by atoms with van der Waals surface area (Å²) in [6, 6.07) is 8.28. The molecule has 1 amide bonds. The molecule has 1 aromatic carbocycles. The normalized spacial score (nSPS) is 10.3. The van der Waals surface area contributed by atoms with E-state index in [1.807, 2.05) is 11.0 Å². The molecule has 0 heterocycles. The van der Waals surface area contributed by atoms with E-state index in [2.05, 4.69) is 32.0 Å². The Hall–Kier alpha value is -1.35. The minimum absolute atomic E-state index is 0.149. The van der Waals surface area contributed by atoms with Crippen molar-refractivity contribution in [2.45, 2.75) is 33.2 Å². The maximum absolute atomic E-state index is 11.9. The van der Waals surface area contributed by atoms with E-state index in [1.54, 1.807) is 0 Å². The Morgan fingerprint density at radius 2 is 2.18 bits per heavy atom. The Kier molecular flexibility index (Phi) is 5.70. The van der Waals surface area contributed by atoms with Crippen molar-refractivity contribution in [1.82, 2.24) is 4.90 Å². The van der Waals surface area contributed by atoms with E-state index in [4.69, 9.17) is 5.73 Å². The highest BCUT2D eigenvalue weighted by Crippen LogP contribution is 2.09. The van der Waals surface area contributed by atoms with Crippen molar-refractivity contribution in [3.05, 3.63) is 35.4 Å². The first-order valence-corrected chi connectivity index (χ1v) is 6.20. The summed E-state index contributed by atoms with van der Waals surface area (Å²) in [4.78, 5) is 13.8. The third-order valence-corrected chi connectivity index (χ3v) is 2.66. The molecule has 0 radical (unpaired) electrons. The van der Waals surface area contributed by atoms with Gasteiger partial charge in [0.1, 0.15) is 0 Å². The first-order chi connectivity index (χ1) is 8.17. The van der Waals surface area contributed by atoms with Crippen LogP contribution in [0.25, 0.3) is 0 Å². The van der Waals surface area contributed by atoms with Gasteiger partial charge in [-0.1, -0.05) is 36.8 Å². The Morgan fingerprint density at radius 1 is 1.41 bits per heavy atom. The average molecular weight is 234 g/mol. The van der Waals surface area contributed by atoms with Gasteiger partial charge in [0.05, 0.1) is 0 Å². The lowest BCUT2D eigenvalue weighted by atomic mass is 10.1. The summed E-state index contributed by atoms with van der Waals surface area (Å²) < 4.78 is 0. The first kappa shape index (κ1) is 13.7. The summed E-state index contributed by atoms with van der Waals surface area (Å²) >= 11 is 0. The summed E-state index contributed by atoms with van der Waals surface area (Å²) in [5.74, 6) is 0.149. The van der Waals surface area contributed by atoms with Crippen molar-refractivity contribution in [1.29, 1.82) is 0 Å². The van der Waals surface area contributed by atoms with Crippen molar-refractivity contribution in [3.8, 4) is 0 Å². The Labute approximate surface area is 104 Å². The molecule has 2 N–H and O–H groups in total. The zero-order chi connectivity index (χ0) is 12.7. The van der Waals surface area contributed by atoms with Gasteiger partial charge >= 0.3 is 0 Å². The zero-order valence-electron chi connectivity index (χ0n) is 10.8. The molecular formula is C14H22N2O. The molecule has 0 atom stereocenters. The number of carbonyl (C=O) groups excluding carboxylic acids is 1. The zero-order valence-corrected chi connectivity index (χ0v) is 10.8. The van der Waals surface area contributed by atoms with Crippen molar-refractivity contribution in [2.24, 2.45) is 5.73 Å². The van der Waals surface area contributed by atoms with Crippen LogP contribution in [-0.2, 0) is 11.3 Å². The topological polar surface area (TPSA) is 46.3 Å². The lowest BCUT2D eigenvalue weighted by Gasteiger charge is -2.22. The third-order valence-electron chi connectivity index (χ3n) is 2.66. The van der Waals surface area contributed by atoms with Gasteiger partial charge in [0, 0.05) is 26.1 Å². The van der Waals surface area contributed by atoms with Gasteiger partial charge in [0.2, 0.25) is 5.91 Å². The fourth-order valence-electron chi connectivity index (χ4n) is 1.87. The van der Waals surface area contributed by atoms with Crippen LogP contribution in [0.1, 0.15) is 30.9 Å². The van der Waals surface area contributed by atoms with Crippen LogP contribution in [0.4, 0.5) is 0 Å². The molecule has 17 heavy (non-hydrogen) atoms. The van der Waals surface area contributed by atoms with E-state index in [1.165, 1.54) is 11.1 Å². The second-order valence-corrected chi connectivity index (χ2v) is 4.34. The molecular weight excluding hydrogens is 212 g/mol. The van der Waals surface area contributed by atoms with Crippen LogP contribution in [0, 0.1) is 6.92 Å². The number of amides is 1. The second kappa shape index (κ2) is 7.07. The predicted octanol–water partition coefficient (Wildman–Crippen LogP) is 2.08. The molecule has 94 valence electrons. The SMILES string of the molecule is CCCN(Cc1cccc(C)c1)C(=O)CCN. The second-order valence-electron chi connectivity index (χ2n) is 4.34. The van der Waals surface area contributed by atoms with Crippen LogP contribution in [0.2, 0.25) is 0 Å². The minimum Gasteiger partial charge on any atom is -0.338 e. The maximum Gasteiger partial charge on any atom is 0.224 e. The minimum atomic E-state index is 0.149. The van der Waals surface area contributed by atoms with Crippen LogP contribution < -0.4 is 5.73 Å². The van der Waals surface area contributed by atoms with E-state index in [-0.39, 0.29) is 5.91 Å². The smallest absolute Gasteiger partial charge is 0.224 e. The number of hydrogen-bond donors (Lipinski definition) is 1. The summed E-state index contributed by atoms with van der Waals surface area (Å²) in [6.45, 7) is 6.06. The molecule has 0 spiro atoms. The van der Waals surface area contributed by atoms with E-state index >= 15 is 0 Å². The number of nitrogens with two attached hydrogens (primary N) is 1. The lowest BCUT2D eigenvalue weighted by Crippen LogP contribution is -2.32. The Bertz CT molecular complexity index is 363. The van der Waals surface area contributed by atoms with Crippen LogP contribution >= 0.6 is 0 Å². The monoisotopic (exact) mass is 234 g/mol. The van der Waals surface area contributed by atoms with Crippen LogP contribution in [-0.4, -0.2) is 23.9 Å². The van der Waals surface area contributed by atoms with Crippen LogP contribution in [0.5, 0.6) is 0 Å². The molecule has 0 aliphatic carbocycles. The number of benzene rings is 1. The lowest BCUT2D eigenvalue weighted by molar-refractivity contribution is -0.131. The van der Waals surface area contributed by atoms with E-state index in [0.717, 1.165) is 13.0 Å². The van der Waals surface area contributed by atoms with Gasteiger partial charge in [0.15, 0.2) is 0 Å². The number of nitrogens with zero attached hydrogens (tertiary/aromatic N) is 1. The van der Waals surface area contributed by atoms with Gasteiger partial charge < -0.3 is 10.6 Å². The maximum atomic E-state index is 11.9. The molecule has 3 nitrogen and oxygen atoms in total. The van der Waals surface area contributed by atoms with Gasteiger partial charge in [-0.3, -0.25) is 4.79 Å². The van der Waals surface area contributed by atoms with Crippen molar-refractivity contribution >= 4 is 5.91 Å². The average Bonchev–Trinajstić information content (AvgIpc) is 2.29. The highest BCUT2D eigenvalue weighted by Gasteiger charge is 2.11. The quantitative estimate of drug-likeness (QED) is 0.819. The standard InChI is InChI=1S/C14H22N2O/c1-3-9-16(14(17)7-8-15)11-13-6-4-5-12(2)10-13/h4-6,10H,3,7-9,11,15H2,1-2H3. The largest absolute Gasteiger partial charge is 0.338 e. The highest BCUT2D eigenvalue weighted by molar-refractivity contribution is 5.76. The third kappa shape index (κ3) is 4.57. The molecule has 0 aliphatic rings. The molecule has 0 saturated carbocycles. The van der Waals surface area contributed by atoms with Crippen LogP contribution in [0.15, 0.2) is 24.3 Å². The number of hydrogen-bond acceptors (Lipinski definition) is 2. The van der Waals surface area contributed by atoms with E-state index in [9.17, 15) is 4.79 Å². The molecule has 0 unspecified atom stereocenters. The fraction of sp³-hybridized carbons (Fsp3) is 0.500. The molecule has 0 fully saturated rings. The Balaban J connectivity index is 2.69. The molecule has 0 bridgehead atoms. The molecule has 0 aromatic heterocycles. The van der Waals surface area contributed by atoms with Gasteiger partial charge in [-0.25, -0.2) is 0 Å². The molecule has 0 aliphatic heterocycles. The van der Waals surface area contributed by atoms with Gasteiger partial charge in [0.25, 0.3) is 0 Å². The summed E-state index contributed by atoms with van der Waals surface area (Å²) in [5, 5.41) is 0. The number of aryl methyl sites for hydroxylation is 1. The van der Waals surface area contributed by atoms with Gasteiger partial charge in [-0.05, 0) is 18.9 Å². The molecule has 0 saturated heterocycles. The number of carbonyl (C=O) groups is 1. The molecule has 1 aromatic rings. The summed E-state index contributed by atoms with van der Waals surface area (Å²) in [5.41, 5.74) is 7.84. The predicted molar refractivity (Wildman–Crippen MR) is 70.6 cm³/mol. The van der Waals surface area contributed by atoms with Gasteiger partial charge in [-0.2, -0.15) is 0 Å². The molecule has 3 heteroatoms. The van der Waals surface area contributed by atoms with Gasteiger partial charge in [-0.15, -0.1) is 0 Å². The van der Waals surface area contributed by atoms with E-state index in [0.29, 0.717) is 19.5 Å². The highest BCUT2D eigenvalue weighted by atomic mass is 16.2. The van der Waals surface area contributed by atoms with Crippen molar-refractivity contribution in [2.75, 3.05) is 13.1 Å². The Morgan fingerprint density at radius 3 is 2.76 bits per heavy atom. The van der Waals surface area contributed by atoms with Crippen LogP contribution in [0.3, 0.4) is 0 Å². The number of rotatable bonds is 6. The van der Waals surface area contributed by atoms with E-state index < -0.39 is 0 Å². The molecule has 1 rings (SSSR count). The van der Waals surface area contributed by atoms with Crippen molar-refractivity contribution in [3.63, 3.8) is 0 Å². The summed E-state index contributed by atoms with van der Waals surface area (Å²) in [7, 11) is 0. The summed E-state index contributed by atoms with van der Waals surface area (Å²) in [6.07, 6.45) is 1.41. The van der Waals surface area contributed by atoms with Crippen molar-refractivity contribution < 1.29 is 4.79 Å². The first-order valence-electron chi connectivity index (χ1n) is 6.20.